The maximum absolute atomic E-state index is 12.3. The molecule has 2 N–H and O–H groups in total. The Morgan fingerprint density at radius 1 is 1.46 bits per heavy atom. The topological polar surface area (TPSA) is 66.0 Å². The first kappa shape index (κ1) is 21.2. The first-order valence-corrected chi connectivity index (χ1v) is 8.97. The minimum absolute atomic E-state index is 0. The molecule has 0 aromatic carbocycles. The van der Waals surface area contributed by atoms with Crippen LogP contribution in [0, 0.1) is 0 Å². The predicted molar refractivity (Wildman–Crippen MR) is 109 cm³/mol. The number of carbonyl (C=O) groups excluding carboxylic acids is 1. The van der Waals surface area contributed by atoms with Gasteiger partial charge in [0.25, 0.3) is 0 Å². The first-order chi connectivity index (χ1) is 11.2. The van der Waals surface area contributed by atoms with Crippen molar-refractivity contribution in [1.82, 2.24) is 15.5 Å². The van der Waals surface area contributed by atoms with Gasteiger partial charge in [-0.15, -0.1) is 35.3 Å². The molecule has 1 aromatic rings. The quantitative estimate of drug-likeness (QED) is 0.279. The Morgan fingerprint density at radius 2 is 2.29 bits per heavy atom. The average Bonchev–Trinajstić information content (AvgIpc) is 3.04. The van der Waals surface area contributed by atoms with Crippen LogP contribution in [0.3, 0.4) is 0 Å². The number of hydrogen-bond acceptors (Lipinski definition) is 4. The van der Waals surface area contributed by atoms with E-state index >= 15 is 0 Å². The Labute approximate surface area is 165 Å². The third-order valence-corrected chi connectivity index (χ3v) is 4.78. The number of amides is 1. The highest BCUT2D eigenvalue weighted by atomic mass is 127. The largest absolute Gasteiger partial charge is 0.382 e. The Bertz CT molecular complexity index is 536. The maximum atomic E-state index is 12.3. The van der Waals surface area contributed by atoms with E-state index in [0.29, 0.717) is 5.96 Å². The molecule has 0 aliphatic carbocycles. The van der Waals surface area contributed by atoms with E-state index in [0.717, 1.165) is 45.7 Å². The van der Waals surface area contributed by atoms with Crippen LogP contribution in [0.4, 0.5) is 0 Å². The lowest BCUT2D eigenvalue weighted by atomic mass is 10.1. The SMILES string of the molecule is CCOCCCNC(=NC)NCC(=O)N1CCc2sccc2C1.I. The van der Waals surface area contributed by atoms with Crippen LogP contribution in [0.5, 0.6) is 0 Å². The van der Waals surface area contributed by atoms with Crippen molar-refractivity contribution < 1.29 is 9.53 Å². The van der Waals surface area contributed by atoms with Crippen molar-refractivity contribution in [3.8, 4) is 0 Å². The van der Waals surface area contributed by atoms with Gasteiger partial charge in [-0.1, -0.05) is 0 Å². The summed E-state index contributed by atoms with van der Waals surface area (Å²) in [5, 5.41) is 8.37. The van der Waals surface area contributed by atoms with Gasteiger partial charge >= 0.3 is 0 Å². The second kappa shape index (κ2) is 11.6. The molecule has 1 aliphatic heterocycles. The zero-order valence-corrected chi connectivity index (χ0v) is 17.5. The number of nitrogens with zero attached hydrogens (tertiary/aromatic N) is 2. The van der Waals surface area contributed by atoms with Gasteiger partial charge in [0.1, 0.15) is 0 Å². The van der Waals surface area contributed by atoms with Crippen molar-refractivity contribution in [2.24, 2.45) is 4.99 Å². The van der Waals surface area contributed by atoms with Gasteiger partial charge in [-0.3, -0.25) is 9.79 Å². The molecular weight excluding hydrogens is 439 g/mol. The normalized spacial score (nSPS) is 13.9. The van der Waals surface area contributed by atoms with Crippen LogP contribution in [-0.4, -0.2) is 56.7 Å². The zero-order valence-electron chi connectivity index (χ0n) is 14.3. The van der Waals surface area contributed by atoms with E-state index in [1.54, 1.807) is 18.4 Å². The number of hydrogen-bond donors (Lipinski definition) is 2. The number of carbonyl (C=O) groups is 1. The van der Waals surface area contributed by atoms with Crippen LogP contribution >= 0.6 is 35.3 Å². The molecule has 1 amide bonds. The molecule has 1 aromatic heterocycles. The second-order valence-electron chi connectivity index (χ2n) is 5.34. The second-order valence-corrected chi connectivity index (χ2v) is 6.34. The van der Waals surface area contributed by atoms with Gasteiger partial charge in [0.05, 0.1) is 6.54 Å². The van der Waals surface area contributed by atoms with Gasteiger partial charge in [-0.2, -0.15) is 0 Å². The minimum atomic E-state index is 0. The van der Waals surface area contributed by atoms with Crippen molar-refractivity contribution in [1.29, 1.82) is 0 Å². The van der Waals surface area contributed by atoms with E-state index in [2.05, 4.69) is 27.1 Å². The Kier molecular flexibility index (Phi) is 10.3. The molecule has 24 heavy (non-hydrogen) atoms. The summed E-state index contributed by atoms with van der Waals surface area (Å²) in [5.41, 5.74) is 1.29. The smallest absolute Gasteiger partial charge is 0.242 e. The fourth-order valence-electron chi connectivity index (χ4n) is 2.48. The van der Waals surface area contributed by atoms with E-state index in [9.17, 15) is 4.79 Å². The van der Waals surface area contributed by atoms with Crippen molar-refractivity contribution in [2.75, 3.05) is 39.9 Å². The van der Waals surface area contributed by atoms with Crippen molar-refractivity contribution in [2.45, 2.75) is 26.3 Å². The number of thiophene rings is 1. The van der Waals surface area contributed by atoms with Gasteiger partial charge in [-0.25, -0.2) is 0 Å². The van der Waals surface area contributed by atoms with E-state index in [4.69, 9.17) is 4.74 Å². The summed E-state index contributed by atoms with van der Waals surface area (Å²) in [6.07, 6.45) is 1.87. The lowest BCUT2D eigenvalue weighted by Crippen LogP contribution is -2.46. The molecule has 8 heteroatoms. The molecule has 2 rings (SSSR count). The highest BCUT2D eigenvalue weighted by Gasteiger charge is 2.21. The van der Waals surface area contributed by atoms with Crippen LogP contribution in [0.15, 0.2) is 16.4 Å². The molecule has 1 aliphatic rings. The number of halogens is 1. The molecule has 136 valence electrons. The van der Waals surface area contributed by atoms with Crippen LogP contribution < -0.4 is 10.6 Å². The molecule has 0 spiro atoms. The van der Waals surface area contributed by atoms with Crippen molar-refractivity contribution in [3.63, 3.8) is 0 Å². The lowest BCUT2D eigenvalue weighted by molar-refractivity contribution is -0.130. The third-order valence-electron chi connectivity index (χ3n) is 3.75. The van der Waals surface area contributed by atoms with Crippen molar-refractivity contribution in [3.05, 3.63) is 21.9 Å². The summed E-state index contributed by atoms with van der Waals surface area (Å²) in [7, 11) is 1.71. The Hall–Kier alpha value is -0.870. The molecule has 0 unspecified atom stereocenters. The first-order valence-electron chi connectivity index (χ1n) is 8.10. The zero-order chi connectivity index (χ0) is 16.5. The Morgan fingerprint density at radius 3 is 3.04 bits per heavy atom. The van der Waals surface area contributed by atoms with Crippen LogP contribution in [0.2, 0.25) is 0 Å². The highest BCUT2D eigenvalue weighted by molar-refractivity contribution is 14.0. The number of ether oxygens (including phenoxy) is 1. The molecule has 0 bridgehead atoms. The van der Waals surface area contributed by atoms with Crippen LogP contribution in [0.1, 0.15) is 23.8 Å². The molecule has 0 saturated heterocycles. The maximum Gasteiger partial charge on any atom is 0.242 e. The molecular formula is C16H27IN4O2S. The summed E-state index contributed by atoms with van der Waals surface area (Å²) in [6.45, 7) is 6.02. The standard InChI is InChI=1S/C16H26N4O2S.HI/c1-3-22-9-4-7-18-16(17-2)19-11-15(21)20-8-5-14-13(12-20)6-10-23-14;/h6,10H,3-5,7-9,11-12H2,1-2H3,(H2,17,18,19);1H. The molecule has 0 radical (unpaired) electrons. The average molecular weight is 466 g/mol. The van der Waals surface area contributed by atoms with E-state index < -0.39 is 0 Å². The number of aliphatic imine (C=N–C) groups is 1. The van der Waals surface area contributed by atoms with E-state index in [1.165, 1.54) is 10.4 Å². The van der Waals surface area contributed by atoms with Gasteiger partial charge in [0.2, 0.25) is 5.91 Å². The molecule has 0 saturated carbocycles. The summed E-state index contributed by atoms with van der Waals surface area (Å²) < 4.78 is 5.29. The predicted octanol–water partition coefficient (Wildman–Crippen LogP) is 1.84. The highest BCUT2D eigenvalue weighted by Crippen LogP contribution is 2.23. The Balaban J connectivity index is 0.00000288. The third kappa shape index (κ3) is 6.56. The van der Waals surface area contributed by atoms with Gasteiger partial charge in [-0.05, 0) is 36.8 Å². The molecule has 2 heterocycles. The molecule has 0 atom stereocenters. The summed E-state index contributed by atoms with van der Waals surface area (Å²) in [4.78, 5) is 19.8. The summed E-state index contributed by atoms with van der Waals surface area (Å²) >= 11 is 1.78. The molecule has 0 fully saturated rings. The van der Waals surface area contributed by atoms with Crippen molar-refractivity contribution >= 4 is 47.2 Å². The number of nitrogens with one attached hydrogen (secondary N) is 2. The van der Waals surface area contributed by atoms with Crippen LogP contribution in [0.25, 0.3) is 0 Å². The summed E-state index contributed by atoms with van der Waals surface area (Å²) in [6, 6.07) is 2.12. The fraction of sp³-hybridized carbons (Fsp3) is 0.625. The van der Waals surface area contributed by atoms with Gasteiger partial charge < -0.3 is 20.3 Å². The monoisotopic (exact) mass is 466 g/mol. The van der Waals surface area contributed by atoms with E-state index in [1.807, 2.05) is 11.8 Å². The fourth-order valence-corrected chi connectivity index (χ4v) is 3.37. The number of fused-ring (bicyclic) bond motifs is 1. The van der Waals surface area contributed by atoms with Gasteiger partial charge in [0, 0.05) is 44.8 Å². The summed E-state index contributed by atoms with van der Waals surface area (Å²) in [5.74, 6) is 0.766. The number of guanidine groups is 1. The van der Waals surface area contributed by atoms with E-state index in [-0.39, 0.29) is 36.4 Å². The van der Waals surface area contributed by atoms with Gasteiger partial charge in [0.15, 0.2) is 5.96 Å². The van der Waals surface area contributed by atoms with Crippen LogP contribution in [-0.2, 0) is 22.5 Å². The molecule has 6 nitrogen and oxygen atoms in total. The lowest BCUT2D eigenvalue weighted by Gasteiger charge is -2.27. The number of rotatable bonds is 7. The minimum Gasteiger partial charge on any atom is -0.382 e.